The van der Waals surface area contributed by atoms with E-state index >= 15 is 0 Å². The summed E-state index contributed by atoms with van der Waals surface area (Å²) in [6, 6.07) is 7.97. The molecular weight excluding hydrogens is 268 g/mol. The van der Waals surface area contributed by atoms with Gasteiger partial charge in [0, 0.05) is 12.0 Å². The van der Waals surface area contributed by atoms with Gasteiger partial charge >= 0.3 is 5.97 Å². The maximum Gasteiger partial charge on any atom is 0.303 e. The van der Waals surface area contributed by atoms with E-state index in [0.717, 1.165) is 28.9 Å². The topological polar surface area (TPSA) is 64.4 Å². The van der Waals surface area contributed by atoms with Gasteiger partial charge < -0.3 is 9.84 Å². The smallest absolute Gasteiger partial charge is 0.303 e. The third kappa shape index (κ3) is 3.24. The Labute approximate surface area is 124 Å². The molecule has 5 nitrogen and oxygen atoms in total. The predicted molar refractivity (Wildman–Crippen MR) is 80.2 cm³/mol. The van der Waals surface area contributed by atoms with Crippen LogP contribution in [-0.4, -0.2) is 28.0 Å². The van der Waals surface area contributed by atoms with Crippen LogP contribution in [0.4, 0.5) is 0 Å². The van der Waals surface area contributed by atoms with E-state index in [2.05, 4.69) is 5.10 Å². The normalized spacial score (nSPS) is 10.6. The van der Waals surface area contributed by atoms with Gasteiger partial charge in [0.25, 0.3) is 0 Å². The number of aliphatic carboxylic acids is 1. The first-order chi connectivity index (χ1) is 10.1. The van der Waals surface area contributed by atoms with Gasteiger partial charge in [-0.2, -0.15) is 5.10 Å². The van der Waals surface area contributed by atoms with E-state index in [1.165, 1.54) is 0 Å². The lowest BCUT2D eigenvalue weighted by molar-refractivity contribution is -0.136. The number of nitrogens with zero attached hydrogens (tertiary/aromatic N) is 2. The Morgan fingerprint density at radius 2 is 2.19 bits per heavy atom. The molecule has 1 aromatic carbocycles. The molecule has 1 heterocycles. The highest BCUT2D eigenvalue weighted by atomic mass is 16.5. The molecule has 1 N–H and O–H groups in total. The molecule has 112 valence electrons. The first-order valence-electron chi connectivity index (χ1n) is 7.00. The van der Waals surface area contributed by atoms with Crippen molar-refractivity contribution >= 4 is 5.97 Å². The van der Waals surface area contributed by atoms with Gasteiger partial charge in [-0.25, -0.2) is 4.68 Å². The van der Waals surface area contributed by atoms with Crippen molar-refractivity contribution in [3.8, 4) is 11.6 Å². The van der Waals surface area contributed by atoms with Crippen molar-refractivity contribution in [3.63, 3.8) is 0 Å². The highest BCUT2D eigenvalue weighted by Gasteiger charge is 2.19. The van der Waals surface area contributed by atoms with Crippen molar-refractivity contribution in [2.75, 3.05) is 7.11 Å². The zero-order valence-corrected chi connectivity index (χ0v) is 12.6. The molecule has 0 fully saturated rings. The molecule has 0 spiro atoms. The summed E-state index contributed by atoms with van der Waals surface area (Å²) in [6.45, 7) is 4.03. The number of hydrogen-bond donors (Lipinski definition) is 1. The average Bonchev–Trinajstić information content (AvgIpc) is 2.82. The molecule has 1 aromatic heterocycles. The highest BCUT2D eigenvalue weighted by molar-refractivity contribution is 5.67. The first kappa shape index (κ1) is 15.1. The molecule has 0 unspecified atom stereocenters. The van der Waals surface area contributed by atoms with Crippen LogP contribution in [0.2, 0.25) is 0 Å². The number of aromatic nitrogens is 2. The quantitative estimate of drug-likeness (QED) is 0.887. The molecule has 0 bridgehead atoms. The van der Waals surface area contributed by atoms with Crippen LogP contribution in [0.15, 0.2) is 24.3 Å². The molecule has 21 heavy (non-hydrogen) atoms. The standard InChI is InChI=1S/C16H20N2O3/c1-4-14-13(8-9-15(19)20)16(21-3)18(17-14)12-7-5-6-11(2)10-12/h5-7,10H,4,8-9H2,1-3H3,(H,19,20). The minimum absolute atomic E-state index is 0.0723. The molecule has 0 aliphatic rings. The Morgan fingerprint density at radius 3 is 2.76 bits per heavy atom. The number of rotatable bonds is 6. The maximum absolute atomic E-state index is 10.8. The van der Waals surface area contributed by atoms with Gasteiger partial charge in [-0.15, -0.1) is 0 Å². The molecule has 0 saturated heterocycles. The van der Waals surface area contributed by atoms with Gasteiger partial charge in [0.2, 0.25) is 5.88 Å². The lowest BCUT2D eigenvalue weighted by atomic mass is 10.1. The molecule has 5 heteroatoms. The van der Waals surface area contributed by atoms with E-state index in [-0.39, 0.29) is 6.42 Å². The van der Waals surface area contributed by atoms with Gasteiger partial charge in [0.15, 0.2) is 0 Å². The van der Waals surface area contributed by atoms with Gasteiger partial charge in [0.05, 0.1) is 18.5 Å². The second-order valence-corrected chi connectivity index (χ2v) is 4.93. The van der Waals surface area contributed by atoms with Crippen LogP contribution >= 0.6 is 0 Å². The number of carboxylic acid groups (broad SMARTS) is 1. The minimum Gasteiger partial charge on any atom is -0.481 e. The molecule has 0 atom stereocenters. The Hall–Kier alpha value is -2.30. The number of ether oxygens (including phenoxy) is 1. The van der Waals surface area contributed by atoms with Crippen molar-refractivity contribution in [1.82, 2.24) is 9.78 Å². The van der Waals surface area contributed by atoms with Crippen molar-refractivity contribution in [1.29, 1.82) is 0 Å². The van der Waals surface area contributed by atoms with Gasteiger partial charge in [-0.05, 0) is 37.5 Å². The van der Waals surface area contributed by atoms with Crippen LogP contribution in [0.1, 0.15) is 30.2 Å². The average molecular weight is 288 g/mol. The fraction of sp³-hybridized carbons (Fsp3) is 0.375. The second kappa shape index (κ2) is 6.43. The monoisotopic (exact) mass is 288 g/mol. The summed E-state index contributed by atoms with van der Waals surface area (Å²) in [4.78, 5) is 10.8. The predicted octanol–water partition coefficient (Wildman–Crippen LogP) is 2.77. The van der Waals surface area contributed by atoms with Crippen molar-refractivity contribution in [2.45, 2.75) is 33.1 Å². The fourth-order valence-electron chi connectivity index (χ4n) is 2.39. The van der Waals surface area contributed by atoms with E-state index in [1.807, 2.05) is 38.1 Å². The lowest BCUT2D eigenvalue weighted by Crippen LogP contribution is -2.02. The Balaban J connectivity index is 2.49. The third-order valence-corrected chi connectivity index (χ3v) is 3.38. The third-order valence-electron chi connectivity index (χ3n) is 3.38. The van der Waals surface area contributed by atoms with Crippen molar-refractivity contribution in [2.24, 2.45) is 0 Å². The van der Waals surface area contributed by atoms with Crippen LogP contribution in [0.5, 0.6) is 5.88 Å². The molecule has 0 amide bonds. The molecule has 2 rings (SSSR count). The summed E-state index contributed by atoms with van der Waals surface area (Å²) in [7, 11) is 1.59. The number of methoxy groups -OCH3 is 1. The van der Waals surface area contributed by atoms with Crippen molar-refractivity contribution < 1.29 is 14.6 Å². The number of carbonyl (C=O) groups is 1. The second-order valence-electron chi connectivity index (χ2n) is 4.93. The summed E-state index contributed by atoms with van der Waals surface area (Å²) >= 11 is 0. The molecular formula is C16H20N2O3. The molecule has 2 aromatic rings. The Morgan fingerprint density at radius 1 is 1.43 bits per heavy atom. The van der Waals surface area contributed by atoms with E-state index in [4.69, 9.17) is 9.84 Å². The van der Waals surface area contributed by atoms with Gasteiger partial charge in [-0.3, -0.25) is 4.79 Å². The first-order valence-corrected chi connectivity index (χ1v) is 7.00. The van der Waals surface area contributed by atoms with Crippen LogP contribution in [0.3, 0.4) is 0 Å². The molecule has 0 radical (unpaired) electrons. The molecule has 0 aliphatic heterocycles. The van der Waals surface area contributed by atoms with Crippen LogP contribution in [-0.2, 0) is 17.6 Å². The van der Waals surface area contributed by atoms with E-state index in [1.54, 1.807) is 11.8 Å². The maximum atomic E-state index is 10.8. The van der Waals surface area contributed by atoms with Crippen molar-refractivity contribution in [3.05, 3.63) is 41.1 Å². The van der Waals surface area contributed by atoms with E-state index in [9.17, 15) is 4.79 Å². The van der Waals surface area contributed by atoms with E-state index < -0.39 is 5.97 Å². The summed E-state index contributed by atoms with van der Waals surface area (Å²) in [5, 5.41) is 13.5. The summed E-state index contributed by atoms with van der Waals surface area (Å²) in [5.74, 6) is -0.193. The van der Waals surface area contributed by atoms with Gasteiger partial charge in [-0.1, -0.05) is 19.1 Å². The van der Waals surface area contributed by atoms with Gasteiger partial charge in [0.1, 0.15) is 0 Å². The largest absolute Gasteiger partial charge is 0.481 e. The van der Waals surface area contributed by atoms with E-state index in [0.29, 0.717) is 12.3 Å². The molecule has 0 saturated carbocycles. The summed E-state index contributed by atoms with van der Waals surface area (Å²) in [5.41, 5.74) is 3.82. The van der Waals surface area contributed by atoms with Crippen LogP contribution < -0.4 is 4.74 Å². The lowest BCUT2D eigenvalue weighted by Gasteiger charge is -2.08. The highest BCUT2D eigenvalue weighted by Crippen LogP contribution is 2.28. The SMILES string of the molecule is CCc1nn(-c2cccc(C)c2)c(OC)c1CCC(=O)O. The molecule has 0 aliphatic carbocycles. The minimum atomic E-state index is -0.817. The zero-order valence-electron chi connectivity index (χ0n) is 12.6. The number of benzene rings is 1. The fourth-order valence-corrected chi connectivity index (χ4v) is 2.39. The summed E-state index contributed by atoms with van der Waals surface area (Å²) < 4.78 is 7.25. The Bertz CT molecular complexity index is 647. The summed E-state index contributed by atoms with van der Waals surface area (Å²) in [6.07, 6.45) is 1.24. The number of carboxylic acids is 1. The van der Waals surface area contributed by atoms with Crippen LogP contribution in [0, 0.1) is 6.92 Å². The Kier molecular flexibility index (Phi) is 4.62. The zero-order chi connectivity index (χ0) is 15.4. The number of aryl methyl sites for hydroxylation is 2. The van der Waals surface area contributed by atoms with Crippen LogP contribution in [0.25, 0.3) is 5.69 Å². The number of hydrogen-bond acceptors (Lipinski definition) is 3.